The van der Waals surface area contributed by atoms with Crippen molar-refractivity contribution >= 4 is 0 Å². The summed E-state index contributed by atoms with van der Waals surface area (Å²) < 4.78 is 5.15. The first-order chi connectivity index (χ1) is 7.63. The highest BCUT2D eigenvalue weighted by Crippen LogP contribution is 2.44. The SMILES string of the molecule is CNC(Cc1ccoc1)C1CCCC1(C)C. The molecule has 0 aromatic carbocycles. The van der Waals surface area contributed by atoms with Gasteiger partial charge in [-0.2, -0.15) is 0 Å². The molecule has 1 aliphatic carbocycles. The van der Waals surface area contributed by atoms with E-state index in [0.29, 0.717) is 11.5 Å². The molecular formula is C14H23NO. The zero-order valence-electron chi connectivity index (χ0n) is 10.6. The summed E-state index contributed by atoms with van der Waals surface area (Å²) in [6, 6.07) is 2.65. The van der Waals surface area contributed by atoms with Crippen molar-refractivity contribution in [2.24, 2.45) is 11.3 Å². The molecule has 2 rings (SSSR count). The second-order valence-electron chi connectivity index (χ2n) is 5.72. The van der Waals surface area contributed by atoms with Gasteiger partial charge in [0.05, 0.1) is 12.5 Å². The minimum Gasteiger partial charge on any atom is -0.472 e. The van der Waals surface area contributed by atoms with Gasteiger partial charge in [0, 0.05) is 6.04 Å². The number of likely N-dealkylation sites (N-methyl/N-ethyl adjacent to an activating group) is 1. The van der Waals surface area contributed by atoms with Gasteiger partial charge in [-0.3, -0.25) is 0 Å². The number of furan rings is 1. The number of rotatable bonds is 4. The van der Waals surface area contributed by atoms with Crippen LogP contribution in [0.4, 0.5) is 0 Å². The van der Waals surface area contributed by atoms with Gasteiger partial charge in [-0.1, -0.05) is 20.3 Å². The van der Waals surface area contributed by atoms with Crippen LogP contribution < -0.4 is 5.32 Å². The molecule has 1 N–H and O–H groups in total. The maximum atomic E-state index is 5.15. The zero-order chi connectivity index (χ0) is 11.6. The van der Waals surface area contributed by atoms with Crippen molar-refractivity contribution < 1.29 is 4.42 Å². The Kier molecular flexibility index (Phi) is 3.38. The molecule has 2 heteroatoms. The third-order valence-electron chi connectivity index (χ3n) is 4.23. The van der Waals surface area contributed by atoms with Crippen LogP contribution in [0, 0.1) is 11.3 Å². The molecule has 0 bridgehead atoms. The first-order valence-corrected chi connectivity index (χ1v) is 6.32. The minimum absolute atomic E-state index is 0.484. The Balaban J connectivity index is 2.05. The number of hydrogen-bond donors (Lipinski definition) is 1. The Hall–Kier alpha value is -0.760. The van der Waals surface area contributed by atoms with Crippen molar-refractivity contribution in [3.05, 3.63) is 24.2 Å². The zero-order valence-corrected chi connectivity index (χ0v) is 10.6. The average molecular weight is 221 g/mol. The van der Waals surface area contributed by atoms with Gasteiger partial charge in [0.2, 0.25) is 0 Å². The van der Waals surface area contributed by atoms with Gasteiger partial charge in [0.1, 0.15) is 0 Å². The number of hydrogen-bond acceptors (Lipinski definition) is 2. The molecule has 0 spiro atoms. The molecule has 16 heavy (non-hydrogen) atoms. The van der Waals surface area contributed by atoms with Gasteiger partial charge < -0.3 is 9.73 Å². The molecule has 2 atom stereocenters. The van der Waals surface area contributed by atoms with Gasteiger partial charge in [-0.05, 0) is 49.3 Å². The fourth-order valence-corrected chi connectivity index (χ4v) is 3.21. The Morgan fingerprint density at radius 2 is 2.38 bits per heavy atom. The van der Waals surface area contributed by atoms with Gasteiger partial charge in [0.25, 0.3) is 0 Å². The van der Waals surface area contributed by atoms with Crippen LogP contribution in [0.2, 0.25) is 0 Å². The Labute approximate surface area is 98.4 Å². The van der Waals surface area contributed by atoms with Crippen LogP contribution in [-0.4, -0.2) is 13.1 Å². The predicted molar refractivity (Wildman–Crippen MR) is 66.4 cm³/mol. The fourth-order valence-electron chi connectivity index (χ4n) is 3.21. The highest BCUT2D eigenvalue weighted by molar-refractivity contribution is 5.09. The lowest BCUT2D eigenvalue weighted by molar-refractivity contribution is 0.201. The van der Waals surface area contributed by atoms with Crippen molar-refractivity contribution in [1.82, 2.24) is 5.32 Å². The van der Waals surface area contributed by atoms with Crippen LogP contribution in [0.3, 0.4) is 0 Å². The van der Waals surface area contributed by atoms with E-state index in [1.807, 2.05) is 6.26 Å². The summed E-state index contributed by atoms with van der Waals surface area (Å²) in [5.74, 6) is 0.785. The van der Waals surface area contributed by atoms with Crippen LogP contribution in [-0.2, 0) is 6.42 Å². The van der Waals surface area contributed by atoms with E-state index in [0.717, 1.165) is 12.3 Å². The summed E-state index contributed by atoms with van der Waals surface area (Å²) in [7, 11) is 2.08. The average Bonchev–Trinajstić information content (AvgIpc) is 2.84. The second-order valence-corrected chi connectivity index (χ2v) is 5.72. The topological polar surface area (TPSA) is 25.2 Å². The van der Waals surface area contributed by atoms with Crippen LogP contribution in [0.5, 0.6) is 0 Å². The molecule has 1 aromatic heterocycles. The second kappa shape index (κ2) is 4.62. The fraction of sp³-hybridized carbons (Fsp3) is 0.714. The first-order valence-electron chi connectivity index (χ1n) is 6.32. The molecular weight excluding hydrogens is 198 g/mol. The van der Waals surface area contributed by atoms with Crippen molar-refractivity contribution in [3.63, 3.8) is 0 Å². The van der Waals surface area contributed by atoms with E-state index in [9.17, 15) is 0 Å². The van der Waals surface area contributed by atoms with Crippen molar-refractivity contribution in [2.45, 2.75) is 45.6 Å². The summed E-state index contributed by atoms with van der Waals surface area (Å²) in [5, 5.41) is 3.50. The molecule has 1 aliphatic rings. The lowest BCUT2D eigenvalue weighted by Gasteiger charge is -2.34. The monoisotopic (exact) mass is 221 g/mol. The molecule has 0 saturated heterocycles. The van der Waals surface area contributed by atoms with Gasteiger partial charge in [0.15, 0.2) is 0 Å². The molecule has 2 unspecified atom stereocenters. The van der Waals surface area contributed by atoms with Crippen LogP contribution in [0.25, 0.3) is 0 Å². The van der Waals surface area contributed by atoms with E-state index in [1.54, 1.807) is 6.26 Å². The lowest BCUT2D eigenvalue weighted by atomic mass is 9.76. The largest absolute Gasteiger partial charge is 0.472 e. The van der Waals surface area contributed by atoms with E-state index in [-0.39, 0.29) is 0 Å². The normalized spacial score (nSPS) is 25.8. The van der Waals surface area contributed by atoms with Gasteiger partial charge in [-0.25, -0.2) is 0 Å². The molecule has 2 nitrogen and oxygen atoms in total. The molecule has 1 saturated carbocycles. The Morgan fingerprint density at radius 1 is 1.56 bits per heavy atom. The molecule has 0 radical (unpaired) electrons. The third-order valence-corrected chi connectivity index (χ3v) is 4.23. The van der Waals surface area contributed by atoms with Crippen molar-refractivity contribution in [3.8, 4) is 0 Å². The first kappa shape index (κ1) is 11.7. The number of nitrogens with one attached hydrogen (secondary N) is 1. The predicted octanol–water partition coefficient (Wildman–Crippen LogP) is 3.24. The van der Waals surface area contributed by atoms with Crippen LogP contribution >= 0.6 is 0 Å². The van der Waals surface area contributed by atoms with E-state index in [4.69, 9.17) is 4.42 Å². The molecule has 0 aliphatic heterocycles. The summed E-state index contributed by atoms with van der Waals surface area (Å²) in [4.78, 5) is 0. The summed E-state index contributed by atoms with van der Waals surface area (Å²) >= 11 is 0. The van der Waals surface area contributed by atoms with Crippen molar-refractivity contribution in [2.75, 3.05) is 7.05 Å². The highest BCUT2D eigenvalue weighted by atomic mass is 16.3. The summed E-state index contributed by atoms with van der Waals surface area (Å²) in [5.41, 5.74) is 1.79. The van der Waals surface area contributed by atoms with E-state index in [1.165, 1.54) is 24.8 Å². The lowest BCUT2D eigenvalue weighted by Crippen LogP contribution is -2.40. The molecule has 1 heterocycles. The van der Waals surface area contributed by atoms with Gasteiger partial charge >= 0.3 is 0 Å². The summed E-state index contributed by atoms with van der Waals surface area (Å²) in [6.45, 7) is 4.81. The highest BCUT2D eigenvalue weighted by Gasteiger charge is 2.38. The van der Waals surface area contributed by atoms with Crippen LogP contribution in [0.1, 0.15) is 38.7 Å². The Bertz CT molecular complexity index is 315. The maximum Gasteiger partial charge on any atom is 0.0935 e. The van der Waals surface area contributed by atoms with Gasteiger partial charge in [-0.15, -0.1) is 0 Å². The van der Waals surface area contributed by atoms with E-state index in [2.05, 4.69) is 32.3 Å². The molecule has 90 valence electrons. The third kappa shape index (κ3) is 2.32. The molecule has 1 fully saturated rings. The van der Waals surface area contributed by atoms with E-state index < -0.39 is 0 Å². The summed E-state index contributed by atoms with van der Waals surface area (Å²) in [6.07, 6.45) is 8.81. The minimum atomic E-state index is 0.484. The van der Waals surface area contributed by atoms with Crippen LogP contribution in [0.15, 0.2) is 23.0 Å². The quantitative estimate of drug-likeness (QED) is 0.844. The Morgan fingerprint density at radius 3 is 2.88 bits per heavy atom. The maximum absolute atomic E-state index is 5.15. The molecule has 1 aromatic rings. The van der Waals surface area contributed by atoms with E-state index >= 15 is 0 Å². The molecule has 0 amide bonds. The van der Waals surface area contributed by atoms with Crippen molar-refractivity contribution in [1.29, 1.82) is 0 Å². The smallest absolute Gasteiger partial charge is 0.0935 e. The standard InChI is InChI=1S/C14H23NO/c1-14(2)7-4-5-12(14)13(15-3)9-11-6-8-16-10-11/h6,8,10,12-13,15H,4-5,7,9H2,1-3H3.